The summed E-state index contributed by atoms with van der Waals surface area (Å²) in [5, 5.41) is 0. The fraction of sp³-hybridized carbons (Fsp3) is 0.188. The minimum atomic E-state index is 0.563. The second kappa shape index (κ2) is 6.26. The van der Waals surface area contributed by atoms with Crippen LogP contribution in [0.2, 0.25) is 0 Å². The summed E-state index contributed by atoms with van der Waals surface area (Å²) in [6.07, 6.45) is 0.749. The first-order valence-corrected chi connectivity index (χ1v) is 9.01. The first kappa shape index (κ1) is 15.3. The molecule has 3 aromatic rings. The molecule has 0 saturated carbocycles. The molecule has 108 valence electrons. The van der Waals surface area contributed by atoms with Crippen LogP contribution in [0.15, 0.2) is 40.9 Å². The minimum Gasteiger partial charge on any atom is -0.296 e. The molecule has 0 saturated heterocycles. The predicted molar refractivity (Wildman–Crippen MR) is 101 cm³/mol. The van der Waals surface area contributed by atoms with Gasteiger partial charge >= 0.3 is 0 Å². The molecule has 0 bridgehead atoms. The van der Waals surface area contributed by atoms with E-state index in [-0.39, 0.29) is 0 Å². The number of halogens is 3. The zero-order valence-corrected chi connectivity index (χ0v) is 15.9. The summed E-state index contributed by atoms with van der Waals surface area (Å²) in [6, 6.07) is 12.6. The van der Waals surface area contributed by atoms with Gasteiger partial charge in [-0.2, -0.15) is 0 Å². The summed E-state index contributed by atoms with van der Waals surface area (Å²) < 4.78 is 4.51. The van der Waals surface area contributed by atoms with Gasteiger partial charge in [-0.1, -0.05) is 22.0 Å². The van der Waals surface area contributed by atoms with Gasteiger partial charge < -0.3 is 0 Å². The topological polar surface area (TPSA) is 17.8 Å². The summed E-state index contributed by atoms with van der Waals surface area (Å²) in [7, 11) is 0. The summed E-state index contributed by atoms with van der Waals surface area (Å²) in [6.45, 7) is 2.11. The molecule has 0 aliphatic heterocycles. The number of aromatic nitrogens is 2. The lowest BCUT2D eigenvalue weighted by molar-refractivity contribution is 0.906. The first-order chi connectivity index (χ1) is 10.1. The van der Waals surface area contributed by atoms with Crippen molar-refractivity contribution in [3.05, 3.63) is 55.8 Å². The molecular weight excluding hydrogens is 462 g/mol. The molecule has 5 heteroatoms. The Bertz CT molecular complexity index is 813. The van der Waals surface area contributed by atoms with E-state index in [0.29, 0.717) is 5.88 Å². The summed E-state index contributed by atoms with van der Waals surface area (Å²) >= 11 is 11.9. The average molecular weight is 476 g/mol. The number of hydrogen-bond acceptors (Lipinski definition) is 1. The molecule has 0 aliphatic carbocycles. The van der Waals surface area contributed by atoms with E-state index in [1.807, 2.05) is 0 Å². The molecule has 0 unspecified atom stereocenters. The molecular formula is C16H13BrClIN2. The Balaban J connectivity index is 2.33. The van der Waals surface area contributed by atoms with Gasteiger partial charge in [-0.3, -0.25) is 4.57 Å². The lowest BCUT2D eigenvalue weighted by Crippen LogP contribution is -2.04. The van der Waals surface area contributed by atoms with E-state index < -0.39 is 0 Å². The van der Waals surface area contributed by atoms with Crippen LogP contribution in [0.4, 0.5) is 0 Å². The monoisotopic (exact) mass is 474 g/mol. The van der Waals surface area contributed by atoms with E-state index in [2.05, 4.69) is 86.4 Å². The van der Waals surface area contributed by atoms with Crippen molar-refractivity contribution in [2.45, 2.75) is 13.3 Å². The van der Waals surface area contributed by atoms with E-state index in [4.69, 9.17) is 16.6 Å². The van der Waals surface area contributed by atoms with Gasteiger partial charge in [-0.05, 0) is 65.4 Å². The first-order valence-electron chi connectivity index (χ1n) is 6.60. The Morgan fingerprint density at radius 2 is 2.10 bits per heavy atom. The van der Waals surface area contributed by atoms with Crippen LogP contribution >= 0.6 is 50.1 Å². The van der Waals surface area contributed by atoms with Crippen molar-refractivity contribution in [1.82, 2.24) is 9.55 Å². The number of nitrogens with zero attached hydrogens (tertiary/aromatic N) is 2. The fourth-order valence-corrected chi connectivity index (χ4v) is 3.46. The Kier molecular flexibility index (Phi) is 4.57. The zero-order chi connectivity index (χ0) is 15.0. The van der Waals surface area contributed by atoms with Crippen LogP contribution in [0.1, 0.15) is 11.4 Å². The molecule has 0 aliphatic rings. The van der Waals surface area contributed by atoms with Crippen LogP contribution in [-0.2, 0) is 6.42 Å². The second-order valence-electron chi connectivity index (χ2n) is 4.82. The molecule has 0 N–H and O–H groups in total. The maximum absolute atomic E-state index is 5.96. The molecule has 0 atom stereocenters. The van der Waals surface area contributed by atoms with E-state index >= 15 is 0 Å². The molecule has 1 heterocycles. The highest BCUT2D eigenvalue weighted by atomic mass is 127. The number of imidazole rings is 1. The predicted octanol–water partition coefficient (Wildman–Crippen LogP) is 5.48. The van der Waals surface area contributed by atoms with Gasteiger partial charge in [0.2, 0.25) is 0 Å². The molecule has 21 heavy (non-hydrogen) atoms. The third kappa shape index (κ3) is 2.85. The highest BCUT2D eigenvalue weighted by molar-refractivity contribution is 14.1. The summed E-state index contributed by atoms with van der Waals surface area (Å²) in [5.74, 6) is 1.57. The smallest absolute Gasteiger partial charge is 0.115 e. The average Bonchev–Trinajstić information content (AvgIpc) is 2.79. The SMILES string of the molecule is Cc1c(Br)cccc1-n1c(CCCl)nc2cc(I)ccc21. The molecule has 1 aromatic heterocycles. The van der Waals surface area contributed by atoms with Gasteiger partial charge in [0.05, 0.1) is 16.7 Å². The Labute approximate surface area is 150 Å². The van der Waals surface area contributed by atoms with Crippen molar-refractivity contribution < 1.29 is 0 Å². The van der Waals surface area contributed by atoms with E-state index in [9.17, 15) is 0 Å². The number of alkyl halides is 1. The Hall–Kier alpha value is -0.590. The third-order valence-corrected chi connectivity index (χ3v) is 5.20. The van der Waals surface area contributed by atoms with Gasteiger partial charge in [0.1, 0.15) is 5.82 Å². The quantitative estimate of drug-likeness (QED) is 0.362. The molecule has 0 spiro atoms. The molecule has 0 fully saturated rings. The molecule has 3 rings (SSSR count). The zero-order valence-electron chi connectivity index (χ0n) is 11.4. The number of fused-ring (bicyclic) bond motifs is 1. The van der Waals surface area contributed by atoms with Crippen molar-refractivity contribution >= 4 is 61.2 Å². The van der Waals surface area contributed by atoms with Crippen LogP contribution in [0.3, 0.4) is 0 Å². The lowest BCUT2D eigenvalue weighted by atomic mass is 10.2. The Morgan fingerprint density at radius 3 is 2.86 bits per heavy atom. The number of benzene rings is 2. The normalized spacial score (nSPS) is 11.2. The largest absolute Gasteiger partial charge is 0.296 e. The van der Waals surface area contributed by atoms with Gasteiger partial charge in [-0.15, -0.1) is 11.6 Å². The molecule has 0 radical (unpaired) electrons. The summed E-state index contributed by atoms with van der Waals surface area (Å²) in [4.78, 5) is 4.77. The second-order valence-corrected chi connectivity index (χ2v) is 7.30. The van der Waals surface area contributed by atoms with Crippen molar-refractivity contribution in [2.75, 3.05) is 5.88 Å². The van der Waals surface area contributed by atoms with Crippen LogP contribution in [0.25, 0.3) is 16.7 Å². The van der Waals surface area contributed by atoms with Crippen molar-refractivity contribution in [3.63, 3.8) is 0 Å². The third-order valence-electron chi connectivity index (χ3n) is 3.48. The van der Waals surface area contributed by atoms with Crippen molar-refractivity contribution in [2.24, 2.45) is 0 Å². The van der Waals surface area contributed by atoms with E-state index in [1.165, 1.54) is 9.13 Å². The molecule has 2 nitrogen and oxygen atoms in total. The van der Waals surface area contributed by atoms with Gasteiger partial charge in [-0.25, -0.2) is 4.98 Å². The maximum Gasteiger partial charge on any atom is 0.115 e. The molecule has 0 amide bonds. The highest BCUT2D eigenvalue weighted by Gasteiger charge is 2.14. The van der Waals surface area contributed by atoms with E-state index in [1.54, 1.807) is 0 Å². The number of hydrogen-bond donors (Lipinski definition) is 0. The standard InChI is InChI=1S/C16H13BrClIN2/c1-10-12(17)3-2-4-14(10)21-15-6-5-11(19)9-13(15)20-16(21)7-8-18/h2-6,9H,7-8H2,1H3. The minimum absolute atomic E-state index is 0.563. The van der Waals surface area contributed by atoms with E-state index in [0.717, 1.165) is 33.4 Å². The van der Waals surface area contributed by atoms with Gasteiger partial charge in [0.25, 0.3) is 0 Å². The van der Waals surface area contributed by atoms with Crippen molar-refractivity contribution in [1.29, 1.82) is 0 Å². The summed E-state index contributed by atoms with van der Waals surface area (Å²) in [5.41, 5.74) is 4.48. The van der Waals surface area contributed by atoms with Crippen LogP contribution in [-0.4, -0.2) is 15.4 Å². The highest BCUT2D eigenvalue weighted by Crippen LogP contribution is 2.28. The number of aryl methyl sites for hydroxylation is 1. The van der Waals surface area contributed by atoms with Crippen LogP contribution in [0, 0.1) is 10.5 Å². The number of rotatable bonds is 3. The molecule has 2 aromatic carbocycles. The lowest BCUT2D eigenvalue weighted by Gasteiger charge is -2.13. The maximum atomic E-state index is 5.96. The fourth-order valence-electron chi connectivity index (χ4n) is 2.46. The van der Waals surface area contributed by atoms with Crippen LogP contribution in [0.5, 0.6) is 0 Å². The van der Waals surface area contributed by atoms with Crippen molar-refractivity contribution in [3.8, 4) is 5.69 Å². The van der Waals surface area contributed by atoms with Crippen LogP contribution < -0.4 is 0 Å². The van der Waals surface area contributed by atoms with Gasteiger partial charge in [0.15, 0.2) is 0 Å². The van der Waals surface area contributed by atoms with Gasteiger partial charge in [0, 0.05) is 20.3 Å². The Morgan fingerprint density at radius 1 is 1.29 bits per heavy atom.